The second-order valence-corrected chi connectivity index (χ2v) is 6.48. The maximum Gasteiger partial charge on any atom is 0.249 e. The summed E-state index contributed by atoms with van der Waals surface area (Å²) in [5.74, 6) is -0.766. The number of hydrogen-bond acceptors (Lipinski definition) is 2. The van der Waals surface area contributed by atoms with Gasteiger partial charge in [0.25, 0.3) is 0 Å². The molecule has 0 saturated carbocycles. The molecule has 5 heteroatoms. The summed E-state index contributed by atoms with van der Waals surface area (Å²) in [6.07, 6.45) is 0. The lowest BCUT2D eigenvalue weighted by molar-refractivity contribution is 0.100. The third kappa shape index (κ3) is 3.06. The Hall–Kier alpha value is -3.18. The molecule has 0 fully saturated rings. The maximum atomic E-state index is 13.7. The largest absolute Gasteiger partial charge is 0.380 e. The van der Waals surface area contributed by atoms with E-state index < -0.39 is 5.91 Å². The van der Waals surface area contributed by atoms with Gasteiger partial charge in [0.2, 0.25) is 5.91 Å². The van der Waals surface area contributed by atoms with Crippen molar-refractivity contribution < 1.29 is 13.9 Å². The number of ether oxygens (including phenoxy) is 1. The molecule has 0 aliphatic heterocycles. The number of primary amides is 1. The molecule has 27 heavy (non-hydrogen) atoms. The fourth-order valence-corrected chi connectivity index (χ4v) is 3.54. The molecule has 4 rings (SSSR count). The highest BCUT2D eigenvalue weighted by atomic mass is 19.1. The molecule has 0 spiro atoms. The van der Waals surface area contributed by atoms with Crippen LogP contribution in [-0.4, -0.2) is 17.6 Å². The van der Waals surface area contributed by atoms with Gasteiger partial charge in [-0.05, 0) is 53.6 Å². The summed E-state index contributed by atoms with van der Waals surface area (Å²) < 4.78 is 21.0. The molecular formula is C22H18FN2O2. The molecule has 4 nitrogen and oxygen atoms in total. The van der Waals surface area contributed by atoms with Crippen molar-refractivity contribution in [2.24, 2.45) is 5.73 Å². The van der Waals surface area contributed by atoms with E-state index in [1.165, 1.54) is 12.1 Å². The van der Waals surface area contributed by atoms with E-state index in [0.717, 1.165) is 32.9 Å². The van der Waals surface area contributed by atoms with E-state index in [9.17, 15) is 9.18 Å². The Kier molecular flexibility index (Phi) is 4.38. The van der Waals surface area contributed by atoms with Crippen LogP contribution in [0.5, 0.6) is 0 Å². The summed E-state index contributed by atoms with van der Waals surface area (Å²) in [6, 6.07) is 19.1. The summed E-state index contributed by atoms with van der Waals surface area (Å²) in [7, 11) is 1.64. The summed E-state index contributed by atoms with van der Waals surface area (Å²) in [5.41, 5.74) is 9.60. The van der Waals surface area contributed by atoms with Crippen molar-refractivity contribution in [1.29, 1.82) is 0 Å². The zero-order valence-corrected chi connectivity index (χ0v) is 14.8. The standard InChI is InChI=1S/C22H18FN2O2/c1-27-13-15-8-9-17-20(11-15)25(12-14-4-2-5-16(23)10-14)19-7-3-6-18(21(17)19)22(24)26/h2-8,10-11H,12-13H2,1H3,(H2,24,26). The zero-order chi connectivity index (χ0) is 19.0. The Balaban J connectivity index is 2.02. The van der Waals surface area contributed by atoms with E-state index in [-0.39, 0.29) is 5.82 Å². The quantitative estimate of drug-likeness (QED) is 0.583. The molecule has 0 bridgehead atoms. The lowest BCUT2D eigenvalue weighted by Gasteiger charge is -2.09. The topological polar surface area (TPSA) is 57.2 Å². The van der Waals surface area contributed by atoms with Crippen LogP contribution in [0.4, 0.5) is 4.39 Å². The maximum absolute atomic E-state index is 13.7. The number of rotatable bonds is 5. The first kappa shape index (κ1) is 17.2. The highest BCUT2D eigenvalue weighted by Gasteiger charge is 2.17. The second kappa shape index (κ2) is 6.85. The first-order chi connectivity index (χ1) is 13.1. The van der Waals surface area contributed by atoms with Gasteiger partial charge in [-0.25, -0.2) is 4.39 Å². The van der Waals surface area contributed by atoms with Crippen LogP contribution >= 0.6 is 0 Å². The van der Waals surface area contributed by atoms with Crippen molar-refractivity contribution in [3.05, 3.63) is 83.2 Å². The van der Waals surface area contributed by atoms with Crippen LogP contribution in [0, 0.1) is 11.9 Å². The van der Waals surface area contributed by atoms with Crippen LogP contribution in [0.1, 0.15) is 21.5 Å². The lowest BCUT2D eigenvalue weighted by Crippen LogP contribution is -2.11. The number of fused-ring (bicyclic) bond motifs is 3. The molecule has 135 valence electrons. The van der Waals surface area contributed by atoms with Crippen molar-refractivity contribution >= 4 is 27.7 Å². The summed E-state index contributed by atoms with van der Waals surface area (Å²) in [4.78, 5) is 12.0. The Morgan fingerprint density at radius 3 is 2.70 bits per heavy atom. The minimum atomic E-state index is -0.486. The van der Waals surface area contributed by atoms with Crippen LogP contribution in [0.25, 0.3) is 21.8 Å². The number of methoxy groups -OCH3 is 1. The number of aromatic nitrogens is 1. The first-order valence-electron chi connectivity index (χ1n) is 8.57. The summed E-state index contributed by atoms with van der Waals surface area (Å²) in [6.45, 7) is 0.918. The third-order valence-corrected chi connectivity index (χ3v) is 4.66. The zero-order valence-electron chi connectivity index (χ0n) is 14.8. The average molecular weight is 361 g/mol. The first-order valence-corrected chi connectivity index (χ1v) is 8.57. The monoisotopic (exact) mass is 361 g/mol. The van der Waals surface area contributed by atoms with Gasteiger partial charge in [0, 0.05) is 30.0 Å². The number of amides is 1. The van der Waals surface area contributed by atoms with Gasteiger partial charge < -0.3 is 15.0 Å². The van der Waals surface area contributed by atoms with Crippen LogP contribution in [0.3, 0.4) is 0 Å². The third-order valence-electron chi connectivity index (χ3n) is 4.66. The van der Waals surface area contributed by atoms with Gasteiger partial charge >= 0.3 is 0 Å². The fourth-order valence-electron chi connectivity index (χ4n) is 3.54. The van der Waals surface area contributed by atoms with E-state index in [0.29, 0.717) is 18.7 Å². The molecule has 4 aromatic rings. The predicted molar refractivity (Wildman–Crippen MR) is 103 cm³/mol. The van der Waals surface area contributed by atoms with Gasteiger partial charge in [-0.3, -0.25) is 4.79 Å². The normalized spacial score (nSPS) is 11.3. The smallest absolute Gasteiger partial charge is 0.249 e. The minimum absolute atomic E-state index is 0.280. The van der Waals surface area contributed by atoms with Gasteiger partial charge in [-0.15, -0.1) is 0 Å². The van der Waals surface area contributed by atoms with Gasteiger partial charge in [0.15, 0.2) is 0 Å². The van der Waals surface area contributed by atoms with Crippen LogP contribution in [-0.2, 0) is 17.9 Å². The van der Waals surface area contributed by atoms with Crippen molar-refractivity contribution in [2.75, 3.05) is 7.11 Å². The van der Waals surface area contributed by atoms with Crippen molar-refractivity contribution in [3.63, 3.8) is 0 Å². The van der Waals surface area contributed by atoms with Crippen molar-refractivity contribution in [1.82, 2.24) is 4.57 Å². The van der Waals surface area contributed by atoms with Gasteiger partial charge in [0.05, 0.1) is 17.6 Å². The van der Waals surface area contributed by atoms with Crippen molar-refractivity contribution in [3.8, 4) is 0 Å². The highest BCUT2D eigenvalue weighted by molar-refractivity contribution is 6.17. The van der Waals surface area contributed by atoms with E-state index >= 15 is 0 Å². The molecule has 1 radical (unpaired) electrons. The number of benzene rings is 3. The van der Waals surface area contributed by atoms with E-state index in [1.54, 1.807) is 25.3 Å². The fraction of sp³-hybridized carbons (Fsp3) is 0.136. The van der Waals surface area contributed by atoms with E-state index in [1.807, 2.05) is 24.3 Å². The molecule has 2 N–H and O–H groups in total. The number of carbonyl (C=O) groups is 1. The molecule has 0 aliphatic rings. The molecule has 1 heterocycles. The van der Waals surface area contributed by atoms with Gasteiger partial charge in [0.1, 0.15) is 5.82 Å². The summed E-state index contributed by atoms with van der Waals surface area (Å²) in [5, 5.41) is 1.58. The predicted octanol–water partition coefficient (Wildman–Crippen LogP) is 4.03. The minimum Gasteiger partial charge on any atom is -0.380 e. The molecule has 0 unspecified atom stereocenters. The molecule has 1 amide bonds. The van der Waals surface area contributed by atoms with Crippen LogP contribution in [0.2, 0.25) is 0 Å². The number of nitrogens with two attached hydrogens (primary N) is 1. The Bertz CT molecular complexity index is 1160. The number of hydrogen-bond donors (Lipinski definition) is 1. The lowest BCUT2D eigenvalue weighted by atomic mass is 10.0. The molecule has 3 aromatic carbocycles. The van der Waals surface area contributed by atoms with Gasteiger partial charge in [-0.2, -0.15) is 0 Å². The molecule has 1 aromatic heterocycles. The summed E-state index contributed by atoms with van der Waals surface area (Å²) >= 11 is 0. The number of halogens is 1. The van der Waals surface area contributed by atoms with Crippen molar-refractivity contribution in [2.45, 2.75) is 13.2 Å². The molecule has 0 atom stereocenters. The van der Waals surface area contributed by atoms with Crippen LogP contribution < -0.4 is 5.73 Å². The number of carbonyl (C=O) groups excluding carboxylic acids is 1. The molecular weight excluding hydrogens is 343 g/mol. The SMILES string of the molecule is COCc1c[c]c2c3c(C(N)=O)cccc3n(Cc3cccc(F)c3)c2c1. The van der Waals surface area contributed by atoms with E-state index in [4.69, 9.17) is 10.5 Å². The number of nitrogens with zero attached hydrogens (tertiary/aromatic N) is 1. The molecule has 0 aliphatic carbocycles. The molecule has 0 saturated heterocycles. The van der Waals surface area contributed by atoms with Crippen LogP contribution in [0.15, 0.2) is 54.6 Å². The Morgan fingerprint density at radius 1 is 1.15 bits per heavy atom. The Morgan fingerprint density at radius 2 is 1.96 bits per heavy atom. The Labute approximate surface area is 156 Å². The second-order valence-electron chi connectivity index (χ2n) is 6.48. The highest BCUT2D eigenvalue weighted by Crippen LogP contribution is 2.32. The average Bonchev–Trinajstić information content (AvgIpc) is 2.95. The van der Waals surface area contributed by atoms with E-state index in [2.05, 4.69) is 10.6 Å². The van der Waals surface area contributed by atoms with Gasteiger partial charge in [-0.1, -0.05) is 18.2 Å².